The molecule has 0 spiro atoms. The summed E-state index contributed by atoms with van der Waals surface area (Å²) in [5, 5.41) is 12.1. The van der Waals surface area contributed by atoms with E-state index >= 15 is 0 Å². The molecule has 3 aromatic rings. The van der Waals surface area contributed by atoms with Gasteiger partial charge in [0.25, 0.3) is 11.2 Å². The zero-order valence-corrected chi connectivity index (χ0v) is 18.4. The first-order valence-electron chi connectivity index (χ1n) is 10.7. The van der Waals surface area contributed by atoms with E-state index in [1.54, 1.807) is 22.8 Å². The van der Waals surface area contributed by atoms with Crippen LogP contribution in [0, 0.1) is 10.1 Å². The van der Waals surface area contributed by atoms with Crippen molar-refractivity contribution in [2.45, 2.75) is 43.1 Å². The second-order valence-electron chi connectivity index (χ2n) is 7.78. The van der Waals surface area contributed by atoms with Crippen LogP contribution in [-0.2, 0) is 17.1 Å². The van der Waals surface area contributed by atoms with Crippen LogP contribution in [0.3, 0.4) is 0 Å². The van der Waals surface area contributed by atoms with E-state index in [2.05, 4.69) is 4.98 Å². The maximum Gasteiger partial charge on any atom is 0.269 e. The number of fused-ring (bicyclic) bond motifs is 1. The molecule has 166 valence electrons. The summed E-state index contributed by atoms with van der Waals surface area (Å²) in [6.07, 6.45) is 3.06. The van der Waals surface area contributed by atoms with Crippen molar-refractivity contribution in [1.82, 2.24) is 14.5 Å². The van der Waals surface area contributed by atoms with Gasteiger partial charge in [-0.3, -0.25) is 24.3 Å². The molecule has 32 heavy (non-hydrogen) atoms. The number of non-ortho nitro benzene ring substituents is 1. The number of hydrogen-bond acceptors (Lipinski definition) is 6. The van der Waals surface area contributed by atoms with Crippen LogP contribution < -0.4 is 5.56 Å². The van der Waals surface area contributed by atoms with Crippen molar-refractivity contribution in [1.29, 1.82) is 0 Å². The van der Waals surface area contributed by atoms with Crippen molar-refractivity contribution < 1.29 is 9.72 Å². The first kappa shape index (κ1) is 22.0. The molecule has 9 heteroatoms. The molecule has 0 radical (unpaired) electrons. The van der Waals surface area contributed by atoms with Gasteiger partial charge in [0.2, 0.25) is 5.91 Å². The molecule has 2 heterocycles. The molecule has 8 nitrogen and oxygen atoms in total. The Morgan fingerprint density at radius 1 is 1.12 bits per heavy atom. The summed E-state index contributed by atoms with van der Waals surface area (Å²) < 4.78 is 1.63. The Kier molecular flexibility index (Phi) is 6.84. The van der Waals surface area contributed by atoms with Crippen molar-refractivity contribution in [2.75, 3.05) is 13.1 Å². The van der Waals surface area contributed by atoms with Gasteiger partial charge in [0.05, 0.1) is 15.8 Å². The number of nitro groups is 1. The molecule has 1 aliphatic heterocycles. The predicted molar refractivity (Wildman–Crippen MR) is 124 cm³/mol. The minimum atomic E-state index is -0.421. The van der Waals surface area contributed by atoms with Gasteiger partial charge in [-0.1, -0.05) is 36.0 Å². The maximum atomic E-state index is 13.2. The normalized spacial score (nSPS) is 13.6. The highest BCUT2D eigenvalue weighted by Crippen LogP contribution is 2.24. The monoisotopic (exact) mass is 452 g/mol. The molecule has 0 atom stereocenters. The summed E-state index contributed by atoms with van der Waals surface area (Å²) in [6, 6.07) is 13.7. The fourth-order valence-electron chi connectivity index (χ4n) is 3.88. The quantitative estimate of drug-likeness (QED) is 0.222. The zero-order valence-electron chi connectivity index (χ0n) is 17.6. The lowest BCUT2D eigenvalue weighted by Crippen LogP contribution is -2.28. The van der Waals surface area contributed by atoms with Gasteiger partial charge in [0, 0.05) is 43.9 Å². The first-order valence-corrected chi connectivity index (χ1v) is 11.6. The molecule has 2 aromatic carbocycles. The topological polar surface area (TPSA) is 98.3 Å². The van der Waals surface area contributed by atoms with Gasteiger partial charge in [0.15, 0.2) is 5.16 Å². The van der Waals surface area contributed by atoms with E-state index in [-0.39, 0.29) is 17.2 Å². The van der Waals surface area contributed by atoms with Gasteiger partial charge >= 0.3 is 0 Å². The number of benzene rings is 2. The Hall–Kier alpha value is -3.20. The Bertz CT molecular complexity index is 1200. The minimum absolute atomic E-state index is 0.0346. The Balaban J connectivity index is 1.54. The highest BCUT2D eigenvalue weighted by Gasteiger charge is 2.18. The van der Waals surface area contributed by atoms with Gasteiger partial charge in [-0.05, 0) is 37.0 Å². The Morgan fingerprint density at radius 2 is 1.91 bits per heavy atom. The van der Waals surface area contributed by atoms with Crippen molar-refractivity contribution in [3.63, 3.8) is 0 Å². The summed E-state index contributed by atoms with van der Waals surface area (Å²) in [7, 11) is 0. The van der Waals surface area contributed by atoms with E-state index in [0.717, 1.165) is 31.5 Å². The highest BCUT2D eigenvalue weighted by molar-refractivity contribution is 7.98. The zero-order chi connectivity index (χ0) is 22.5. The van der Waals surface area contributed by atoms with Crippen LogP contribution in [0.4, 0.5) is 5.69 Å². The molecule has 0 N–H and O–H groups in total. The van der Waals surface area contributed by atoms with Gasteiger partial charge in [-0.15, -0.1) is 0 Å². The van der Waals surface area contributed by atoms with Crippen LogP contribution in [0.1, 0.15) is 31.2 Å². The summed E-state index contributed by atoms with van der Waals surface area (Å²) in [4.78, 5) is 42.7. The molecule has 0 saturated carbocycles. The van der Waals surface area contributed by atoms with E-state index in [4.69, 9.17) is 0 Å². The average Bonchev–Trinajstić information content (AvgIpc) is 3.34. The number of nitrogens with zero attached hydrogens (tertiary/aromatic N) is 4. The fourth-order valence-corrected chi connectivity index (χ4v) is 4.84. The third-order valence-corrected chi connectivity index (χ3v) is 6.59. The number of likely N-dealkylation sites (tertiary alicyclic amines) is 1. The molecular formula is C23H24N4O4S. The third-order valence-electron chi connectivity index (χ3n) is 5.55. The molecule has 1 amide bonds. The molecule has 1 aromatic heterocycles. The average molecular weight is 453 g/mol. The summed E-state index contributed by atoms with van der Waals surface area (Å²) in [6.45, 7) is 2.04. The van der Waals surface area contributed by atoms with Crippen LogP contribution in [-0.4, -0.2) is 38.4 Å². The Morgan fingerprint density at radius 3 is 2.69 bits per heavy atom. The first-order chi connectivity index (χ1) is 15.5. The second-order valence-corrected chi connectivity index (χ2v) is 8.72. The molecule has 1 saturated heterocycles. The molecule has 1 aliphatic rings. The molecule has 1 fully saturated rings. The lowest BCUT2D eigenvalue weighted by atomic mass is 10.2. The fraction of sp³-hybridized carbons (Fsp3) is 0.348. The molecule has 0 aliphatic carbocycles. The number of aromatic nitrogens is 2. The summed E-state index contributed by atoms with van der Waals surface area (Å²) in [5.41, 5.74) is 1.30. The number of thioether (sulfide) groups is 1. The molecular weight excluding hydrogens is 428 g/mol. The number of nitro benzene ring substituents is 1. The minimum Gasteiger partial charge on any atom is -0.343 e. The second kappa shape index (κ2) is 9.95. The van der Waals surface area contributed by atoms with E-state index in [1.807, 2.05) is 23.1 Å². The van der Waals surface area contributed by atoms with Crippen molar-refractivity contribution >= 4 is 34.3 Å². The summed E-state index contributed by atoms with van der Waals surface area (Å²) >= 11 is 1.37. The number of para-hydroxylation sites is 1. The van der Waals surface area contributed by atoms with Gasteiger partial charge in [-0.2, -0.15) is 0 Å². The van der Waals surface area contributed by atoms with Gasteiger partial charge < -0.3 is 4.90 Å². The number of hydrogen-bond donors (Lipinski definition) is 0. The van der Waals surface area contributed by atoms with Crippen LogP contribution in [0.2, 0.25) is 0 Å². The highest BCUT2D eigenvalue weighted by atomic mass is 32.2. The SMILES string of the molecule is O=C(CCCn1c(SCc2cccc([N+](=O)[O-])c2)nc2ccccc2c1=O)N1CCCC1. The molecule has 4 rings (SSSR count). The standard InChI is InChI=1S/C23H24N4O4S/c28-21(25-12-3-4-13-25)11-6-14-26-22(29)19-9-1-2-10-20(19)24-23(26)32-16-17-7-5-8-18(15-17)27(30)31/h1-2,5,7-10,15H,3-4,6,11-14,16H2. The number of rotatable bonds is 8. The molecule has 0 bridgehead atoms. The van der Waals surface area contributed by atoms with Crippen LogP contribution >= 0.6 is 11.8 Å². The number of carbonyl (C=O) groups is 1. The summed E-state index contributed by atoms with van der Waals surface area (Å²) in [5.74, 6) is 0.578. The van der Waals surface area contributed by atoms with Gasteiger partial charge in [0.1, 0.15) is 0 Å². The lowest BCUT2D eigenvalue weighted by Gasteiger charge is -2.16. The third kappa shape index (κ3) is 4.99. The van der Waals surface area contributed by atoms with Crippen LogP contribution in [0.5, 0.6) is 0 Å². The largest absolute Gasteiger partial charge is 0.343 e. The van der Waals surface area contributed by atoms with Crippen molar-refractivity contribution in [2.24, 2.45) is 0 Å². The predicted octanol–water partition coefficient (Wildman–Crippen LogP) is 4.00. The Labute approximate surface area is 189 Å². The maximum absolute atomic E-state index is 13.2. The number of carbonyl (C=O) groups excluding carboxylic acids is 1. The number of amides is 1. The van der Waals surface area contributed by atoms with Crippen molar-refractivity contribution in [3.8, 4) is 0 Å². The van der Waals surface area contributed by atoms with Crippen LogP contribution in [0.15, 0.2) is 58.5 Å². The van der Waals surface area contributed by atoms with Crippen molar-refractivity contribution in [3.05, 3.63) is 74.6 Å². The van der Waals surface area contributed by atoms with E-state index in [0.29, 0.717) is 41.2 Å². The van der Waals surface area contributed by atoms with Crippen LogP contribution in [0.25, 0.3) is 10.9 Å². The van der Waals surface area contributed by atoms with E-state index in [9.17, 15) is 19.7 Å². The van der Waals surface area contributed by atoms with Gasteiger partial charge in [-0.25, -0.2) is 4.98 Å². The van der Waals surface area contributed by atoms with E-state index in [1.165, 1.54) is 23.9 Å². The smallest absolute Gasteiger partial charge is 0.269 e. The lowest BCUT2D eigenvalue weighted by molar-refractivity contribution is -0.384. The molecule has 0 unspecified atom stereocenters. The van der Waals surface area contributed by atoms with E-state index < -0.39 is 4.92 Å².